The van der Waals surface area contributed by atoms with Crippen LogP contribution in [0.2, 0.25) is 0 Å². The minimum absolute atomic E-state index is 0.210. The van der Waals surface area contributed by atoms with Crippen LogP contribution in [0.1, 0.15) is 11.1 Å². The molecular weight excluding hydrogens is 454 g/mol. The lowest BCUT2D eigenvalue weighted by atomic mass is 9.96. The molecule has 0 aromatic heterocycles. The first-order valence-electron chi connectivity index (χ1n) is 11.4. The number of rotatable bonds is 7. The topological polar surface area (TPSA) is 55.4 Å². The summed E-state index contributed by atoms with van der Waals surface area (Å²) in [7, 11) is -3.82. The van der Waals surface area contributed by atoms with Crippen molar-refractivity contribution >= 4 is 26.5 Å². The van der Waals surface area contributed by atoms with E-state index in [4.69, 9.17) is 4.74 Å². The number of hydrogen-bond acceptors (Lipinski definition) is 3. The van der Waals surface area contributed by atoms with Crippen molar-refractivity contribution < 1.29 is 13.2 Å². The van der Waals surface area contributed by atoms with E-state index in [-0.39, 0.29) is 4.90 Å². The second-order valence-electron chi connectivity index (χ2n) is 8.40. The van der Waals surface area contributed by atoms with Gasteiger partial charge in [0.25, 0.3) is 10.0 Å². The van der Waals surface area contributed by atoms with Gasteiger partial charge in [-0.25, -0.2) is 8.42 Å². The molecule has 0 fully saturated rings. The molecule has 0 bridgehead atoms. The van der Waals surface area contributed by atoms with Crippen LogP contribution in [0.3, 0.4) is 0 Å². The molecular formula is C30H25NO3S. The highest BCUT2D eigenvalue weighted by Gasteiger charge is 2.20. The van der Waals surface area contributed by atoms with Gasteiger partial charge in [0.2, 0.25) is 0 Å². The van der Waals surface area contributed by atoms with E-state index in [2.05, 4.69) is 4.72 Å². The first kappa shape index (κ1) is 22.7. The lowest BCUT2D eigenvalue weighted by Crippen LogP contribution is -2.14. The molecule has 5 rings (SSSR count). The smallest absolute Gasteiger partial charge is 0.261 e. The van der Waals surface area contributed by atoms with Gasteiger partial charge in [-0.05, 0) is 35.6 Å². The predicted octanol–water partition coefficient (Wildman–Crippen LogP) is 7.20. The van der Waals surface area contributed by atoms with Crippen molar-refractivity contribution in [3.05, 3.63) is 126 Å². The molecule has 0 amide bonds. The van der Waals surface area contributed by atoms with Crippen LogP contribution in [0, 0.1) is 6.92 Å². The number of sulfonamides is 1. The molecule has 5 heteroatoms. The SMILES string of the molecule is Cc1ccc(S(=O)(=O)Nc2cc(OCc3ccccc3)c3ccccc3c2-c2ccccc2)cc1. The molecule has 4 nitrogen and oxygen atoms in total. The molecule has 0 radical (unpaired) electrons. The van der Waals surface area contributed by atoms with Crippen LogP contribution in [-0.2, 0) is 16.6 Å². The van der Waals surface area contributed by atoms with Gasteiger partial charge < -0.3 is 4.74 Å². The quantitative estimate of drug-likeness (QED) is 0.269. The first-order valence-corrected chi connectivity index (χ1v) is 12.9. The number of benzene rings is 5. The molecule has 0 unspecified atom stereocenters. The normalized spacial score (nSPS) is 11.3. The van der Waals surface area contributed by atoms with Gasteiger partial charge in [0.05, 0.1) is 10.6 Å². The van der Waals surface area contributed by atoms with Gasteiger partial charge in [-0.2, -0.15) is 0 Å². The maximum absolute atomic E-state index is 13.4. The minimum atomic E-state index is -3.82. The van der Waals surface area contributed by atoms with E-state index in [0.29, 0.717) is 18.0 Å². The highest BCUT2D eigenvalue weighted by Crippen LogP contribution is 2.41. The zero-order chi connectivity index (χ0) is 24.3. The molecule has 0 atom stereocenters. The van der Waals surface area contributed by atoms with E-state index in [1.54, 1.807) is 30.3 Å². The summed E-state index contributed by atoms with van der Waals surface area (Å²) in [6, 6.07) is 36.2. The number of fused-ring (bicyclic) bond motifs is 1. The van der Waals surface area contributed by atoms with E-state index in [0.717, 1.165) is 33.0 Å². The molecule has 174 valence electrons. The Balaban J connectivity index is 1.66. The number of ether oxygens (including phenoxy) is 1. The number of hydrogen-bond donors (Lipinski definition) is 1. The Morgan fingerprint density at radius 1 is 0.714 bits per heavy atom. The Kier molecular flexibility index (Phi) is 6.25. The lowest BCUT2D eigenvalue weighted by molar-refractivity contribution is 0.310. The molecule has 0 aliphatic rings. The summed E-state index contributed by atoms with van der Waals surface area (Å²) in [4.78, 5) is 0.210. The second-order valence-corrected chi connectivity index (χ2v) is 10.1. The van der Waals surface area contributed by atoms with Crippen LogP contribution in [0.5, 0.6) is 5.75 Å². The van der Waals surface area contributed by atoms with E-state index in [1.807, 2.05) is 91.9 Å². The van der Waals surface area contributed by atoms with Gasteiger partial charge >= 0.3 is 0 Å². The van der Waals surface area contributed by atoms with Crippen molar-refractivity contribution in [2.24, 2.45) is 0 Å². The lowest BCUT2D eigenvalue weighted by Gasteiger charge is -2.19. The maximum atomic E-state index is 13.4. The number of nitrogens with one attached hydrogen (secondary N) is 1. The summed E-state index contributed by atoms with van der Waals surface area (Å²) >= 11 is 0. The Morgan fingerprint density at radius 3 is 2.00 bits per heavy atom. The predicted molar refractivity (Wildman–Crippen MR) is 142 cm³/mol. The largest absolute Gasteiger partial charge is 0.488 e. The van der Waals surface area contributed by atoms with Gasteiger partial charge in [-0.1, -0.05) is 103 Å². The fourth-order valence-electron chi connectivity index (χ4n) is 4.11. The van der Waals surface area contributed by atoms with Crippen LogP contribution in [0.25, 0.3) is 21.9 Å². The van der Waals surface area contributed by atoms with Gasteiger partial charge in [0.1, 0.15) is 12.4 Å². The highest BCUT2D eigenvalue weighted by atomic mass is 32.2. The molecule has 0 aliphatic carbocycles. The van der Waals surface area contributed by atoms with E-state index < -0.39 is 10.0 Å². The fourth-order valence-corrected chi connectivity index (χ4v) is 5.18. The van der Waals surface area contributed by atoms with E-state index >= 15 is 0 Å². The Morgan fingerprint density at radius 2 is 1.31 bits per heavy atom. The van der Waals surface area contributed by atoms with Crippen molar-refractivity contribution in [2.75, 3.05) is 4.72 Å². The van der Waals surface area contributed by atoms with Crippen molar-refractivity contribution in [2.45, 2.75) is 18.4 Å². The van der Waals surface area contributed by atoms with Gasteiger partial charge in [0.15, 0.2) is 0 Å². The zero-order valence-corrected chi connectivity index (χ0v) is 20.1. The standard InChI is InChI=1S/C30H25NO3S/c1-22-16-18-25(19-17-22)35(32,33)31-28-20-29(34-21-23-10-4-2-5-11-23)26-14-8-9-15-27(26)30(28)24-12-6-3-7-13-24/h2-20,31H,21H2,1H3. The van der Waals surface area contributed by atoms with Crippen molar-refractivity contribution in [1.82, 2.24) is 0 Å². The third-order valence-corrected chi connectivity index (χ3v) is 7.26. The second kappa shape index (κ2) is 9.65. The average molecular weight is 480 g/mol. The van der Waals surface area contributed by atoms with Crippen molar-refractivity contribution in [3.63, 3.8) is 0 Å². The molecule has 0 spiro atoms. The average Bonchev–Trinajstić information content (AvgIpc) is 2.88. The Labute approximate surface area is 205 Å². The van der Waals surface area contributed by atoms with Crippen LogP contribution < -0.4 is 9.46 Å². The van der Waals surface area contributed by atoms with Gasteiger partial charge in [-0.3, -0.25) is 4.72 Å². The molecule has 0 saturated heterocycles. The van der Waals surface area contributed by atoms with E-state index in [9.17, 15) is 8.42 Å². The summed E-state index contributed by atoms with van der Waals surface area (Å²) in [6.07, 6.45) is 0. The Hall–Kier alpha value is -4.09. The summed E-state index contributed by atoms with van der Waals surface area (Å²) in [6.45, 7) is 2.30. The maximum Gasteiger partial charge on any atom is 0.261 e. The van der Waals surface area contributed by atoms with E-state index in [1.165, 1.54) is 0 Å². The van der Waals surface area contributed by atoms with Crippen LogP contribution >= 0.6 is 0 Å². The first-order chi connectivity index (χ1) is 17.0. The van der Waals surface area contributed by atoms with Crippen LogP contribution in [0.15, 0.2) is 120 Å². The minimum Gasteiger partial charge on any atom is -0.488 e. The third kappa shape index (κ3) is 4.91. The van der Waals surface area contributed by atoms with Crippen molar-refractivity contribution in [3.8, 4) is 16.9 Å². The zero-order valence-electron chi connectivity index (χ0n) is 19.3. The van der Waals surface area contributed by atoms with Crippen molar-refractivity contribution in [1.29, 1.82) is 0 Å². The molecule has 5 aromatic carbocycles. The fraction of sp³-hybridized carbons (Fsp3) is 0.0667. The molecule has 0 heterocycles. The summed E-state index contributed by atoms with van der Waals surface area (Å²) in [5, 5.41) is 1.83. The molecule has 0 saturated carbocycles. The third-order valence-electron chi connectivity index (χ3n) is 5.88. The Bertz CT molecular complexity index is 1560. The number of anilines is 1. The molecule has 1 N–H and O–H groups in total. The molecule has 35 heavy (non-hydrogen) atoms. The van der Waals surface area contributed by atoms with Crippen LogP contribution in [0.4, 0.5) is 5.69 Å². The van der Waals surface area contributed by atoms with Crippen LogP contribution in [-0.4, -0.2) is 8.42 Å². The summed E-state index contributed by atoms with van der Waals surface area (Å²) in [5.41, 5.74) is 4.23. The molecule has 5 aromatic rings. The molecule has 0 aliphatic heterocycles. The monoisotopic (exact) mass is 479 g/mol. The summed E-state index contributed by atoms with van der Waals surface area (Å²) in [5.74, 6) is 0.616. The number of aryl methyl sites for hydroxylation is 1. The van der Waals surface area contributed by atoms with Gasteiger partial charge in [0, 0.05) is 17.0 Å². The van der Waals surface area contributed by atoms with Gasteiger partial charge in [-0.15, -0.1) is 0 Å². The highest BCUT2D eigenvalue weighted by molar-refractivity contribution is 7.92. The summed E-state index contributed by atoms with van der Waals surface area (Å²) < 4.78 is 35.8.